The Morgan fingerprint density at radius 3 is 2.50 bits per heavy atom. The molecule has 0 saturated heterocycles. The molecule has 160 valence electrons. The number of nitrogens with zero attached hydrogens (tertiary/aromatic N) is 3. The fourth-order valence-corrected chi connectivity index (χ4v) is 5.30. The zero-order valence-electron chi connectivity index (χ0n) is 16.8. The summed E-state index contributed by atoms with van der Waals surface area (Å²) in [6.45, 7) is 0. The number of carbonyl (C=O) groups is 2. The lowest BCUT2D eigenvalue weighted by Crippen LogP contribution is -2.44. The van der Waals surface area contributed by atoms with Crippen molar-refractivity contribution in [1.82, 2.24) is 25.4 Å². The van der Waals surface area contributed by atoms with E-state index in [0.29, 0.717) is 16.2 Å². The van der Waals surface area contributed by atoms with Gasteiger partial charge in [-0.15, -0.1) is 10.2 Å². The van der Waals surface area contributed by atoms with Crippen molar-refractivity contribution in [3.63, 3.8) is 0 Å². The predicted octanol–water partition coefficient (Wildman–Crippen LogP) is 4.57. The zero-order chi connectivity index (χ0) is 20.9. The minimum atomic E-state index is -0.415. The fourth-order valence-electron chi connectivity index (χ4n) is 4.28. The highest BCUT2D eigenvalue weighted by atomic mass is 35.5. The SMILES string of the molecule is O=C(CSc1nnc(-c2ccccc2Cl)n1C1CCCC1)NC(=O)NC1CCCC1. The molecule has 1 aromatic heterocycles. The van der Waals surface area contributed by atoms with Crippen LogP contribution in [0.25, 0.3) is 11.4 Å². The Labute approximate surface area is 185 Å². The first kappa shape index (κ1) is 21.2. The van der Waals surface area contributed by atoms with Crippen LogP contribution in [0.4, 0.5) is 4.79 Å². The average molecular weight is 448 g/mol. The van der Waals surface area contributed by atoms with Gasteiger partial charge < -0.3 is 5.32 Å². The van der Waals surface area contributed by atoms with Gasteiger partial charge in [0, 0.05) is 17.6 Å². The number of urea groups is 1. The molecule has 1 aromatic carbocycles. The number of aromatic nitrogens is 3. The van der Waals surface area contributed by atoms with E-state index in [1.807, 2.05) is 24.3 Å². The van der Waals surface area contributed by atoms with Gasteiger partial charge in [0.1, 0.15) is 0 Å². The number of hydrogen-bond acceptors (Lipinski definition) is 5. The average Bonchev–Trinajstić information content (AvgIpc) is 3.48. The normalized spacial score (nSPS) is 17.4. The lowest BCUT2D eigenvalue weighted by molar-refractivity contribution is -0.117. The summed E-state index contributed by atoms with van der Waals surface area (Å²) in [6.07, 6.45) is 8.64. The van der Waals surface area contributed by atoms with Crippen LogP contribution in [-0.4, -0.2) is 38.5 Å². The largest absolute Gasteiger partial charge is 0.335 e. The highest BCUT2D eigenvalue weighted by Gasteiger charge is 2.26. The molecule has 2 N–H and O–H groups in total. The summed E-state index contributed by atoms with van der Waals surface area (Å²) in [6, 6.07) is 7.65. The molecule has 4 rings (SSSR count). The van der Waals surface area contributed by atoms with E-state index in [4.69, 9.17) is 11.6 Å². The van der Waals surface area contributed by atoms with Crippen molar-refractivity contribution in [1.29, 1.82) is 0 Å². The Balaban J connectivity index is 1.44. The number of nitrogens with one attached hydrogen (secondary N) is 2. The summed E-state index contributed by atoms with van der Waals surface area (Å²) in [5.41, 5.74) is 0.839. The van der Waals surface area contributed by atoms with Crippen LogP contribution in [0.2, 0.25) is 5.02 Å². The maximum atomic E-state index is 12.3. The molecule has 0 atom stereocenters. The summed E-state index contributed by atoms with van der Waals surface area (Å²) in [5, 5.41) is 15.3. The highest BCUT2D eigenvalue weighted by Crippen LogP contribution is 2.38. The van der Waals surface area contributed by atoms with Gasteiger partial charge in [0.25, 0.3) is 0 Å². The van der Waals surface area contributed by atoms with Gasteiger partial charge in [-0.3, -0.25) is 14.7 Å². The van der Waals surface area contributed by atoms with E-state index in [9.17, 15) is 9.59 Å². The molecule has 7 nitrogen and oxygen atoms in total. The van der Waals surface area contributed by atoms with E-state index in [1.54, 1.807) is 0 Å². The maximum Gasteiger partial charge on any atom is 0.321 e. The number of benzene rings is 1. The second-order valence-corrected chi connectivity index (χ2v) is 9.24. The third-order valence-electron chi connectivity index (χ3n) is 5.74. The van der Waals surface area contributed by atoms with Gasteiger partial charge in [-0.2, -0.15) is 0 Å². The van der Waals surface area contributed by atoms with Crippen molar-refractivity contribution >= 4 is 35.3 Å². The molecule has 0 aliphatic heterocycles. The van der Waals surface area contributed by atoms with Crippen LogP contribution >= 0.6 is 23.4 Å². The van der Waals surface area contributed by atoms with Gasteiger partial charge in [0.15, 0.2) is 11.0 Å². The predicted molar refractivity (Wildman–Crippen MR) is 118 cm³/mol. The van der Waals surface area contributed by atoms with Gasteiger partial charge in [0.05, 0.1) is 10.8 Å². The maximum absolute atomic E-state index is 12.3. The Morgan fingerprint density at radius 1 is 1.07 bits per heavy atom. The summed E-state index contributed by atoms with van der Waals surface area (Å²) in [5.74, 6) is 0.496. The van der Waals surface area contributed by atoms with Crippen molar-refractivity contribution in [3.8, 4) is 11.4 Å². The highest BCUT2D eigenvalue weighted by molar-refractivity contribution is 7.99. The first-order valence-electron chi connectivity index (χ1n) is 10.5. The summed E-state index contributed by atoms with van der Waals surface area (Å²) in [7, 11) is 0. The third kappa shape index (κ3) is 4.98. The standard InChI is InChI=1S/C21H26ClN5O2S/c22-17-12-6-5-11-16(17)19-25-26-21(27(19)15-9-3-4-10-15)30-13-18(28)24-20(29)23-14-7-1-2-8-14/h5-6,11-12,14-15H,1-4,7-10,13H2,(H2,23,24,28,29). The molecule has 2 aromatic rings. The van der Waals surface area contributed by atoms with Crippen LogP contribution in [-0.2, 0) is 4.79 Å². The molecule has 3 amide bonds. The summed E-state index contributed by atoms with van der Waals surface area (Å²) < 4.78 is 2.12. The van der Waals surface area contributed by atoms with Crippen LogP contribution < -0.4 is 10.6 Å². The molecular weight excluding hydrogens is 422 g/mol. The number of thioether (sulfide) groups is 1. The molecule has 2 aliphatic rings. The van der Waals surface area contributed by atoms with Crippen molar-refractivity contribution in [3.05, 3.63) is 29.3 Å². The summed E-state index contributed by atoms with van der Waals surface area (Å²) >= 11 is 7.71. The quantitative estimate of drug-likeness (QED) is 0.633. The first-order valence-corrected chi connectivity index (χ1v) is 11.9. The summed E-state index contributed by atoms with van der Waals surface area (Å²) in [4.78, 5) is 24.3. The minimum absolute atomic E-state index is 0.103. The molecule has 9 heteroatoms. The number of amides is 3. The van der Waals surface area contributed by atoms with E-state index in [2.05, 4.69) is 25.4 Å². The molecule has 2 aliphatic carbocycles. The molecule has 0 radical (unpaired) electrons. The molecule has 2 fully saturated rings. The fraction of sp³-hybridized carbons (Fsp3) is 0.524. The van der Waals surface area contributed by atoms with E-state index in [0.717, 1.165) is 62.8 Å². The van der Waals surface area contributed by atoms with Crippen LogP contribution in [0.3, 0.4) is 0 Å². The lowest BCUT2D eigenvalue weighted by Gasteiger charge is -2.17. The van der Waals surface area contributed by atoms with Crippen LogP contribution in [0.1, 0.15) is 57.4 Å². The Bertz CT molecular complexity index is 907. The number of carbonyl (C=O) groups excluding carboxylic acids is 2. The van der Waals surface area contributed by atoms with Crippen molar-refractivity contribution in [2.24, 2.45) is 0 Å². The van der Waals surface area contributed by atoms with Crippen molar-refractivity contribution in [2.45, 2.75) is 68.6 Å². The smallest absolute Gasteiger partial charge is 0.321 e. The molecule has 30 heavy (non-hydrogen) atoms. The lowest BCUT2D eigenvalue weighted by atomic mass is 10.2. The van der Waals surface area contributed by atoms with Crippen molar-refractivity contribution in [2.75, 3.05) is 5.75 Å². The molecule has 2 saturated carbocycles. The second-order valence-electron chi connectivity index (χ2n) is 7.89. The topological polar surface area (TPSA) is 88.9 Å². The zero-order valence-corrected chi connectivity index (χ0v) is 18.3. The Morgan fingerprint density at radius 2 is 1.77 bits per heavy atom. The third-order valence-corrected chi connectivity index (χ3v) is 7.02. The number of hydrogen-bond donors (Lipinski definition) is 2. The van der Waals surface area contributed by atoms with E-state index in [1.165, 1.54) is 11.8 Å². The number of halogens is 1. The molecule has 0 unspecified atom stereocenters. The van der Waals surface area contributed by atoms with Crippen LogP contribution in [0, 0.1) is 0 Å². The van der Waals surface area contributed by atoms with Gasteiger partial charge >= 0.3 is 6.03 Å². The number of imide groups is 1. The Kier molecular flexibility index (Phi) is 6.94. The van der Waals surface area contributed by atoms with Gasteiger partial charge in [-0.1, -0.05) is 61.2 Å². The van der Waals surface area contributed by atoms with Crippen molar-refractivity contribution < 1.29 is 9.59 Å². The van der Waals surface area contributed by atoms with Crippen LogP contribution in [0.5, 0.6) is 0 Å². The molecular formula is C21H26ClN5O2S. The number of rotatable bonds is 6. The van der Waals surface area contributed by atoms with Gasteiger partial charge in [-0.05, 0) is 37.8 Å². The van der Waals surface area contributed by atoms with Crippen LogP contribution in [0.15, 0.2) is 29.4 Å². The minimum Gasteiger partial charge on any atom is -0.335 e. The van der Waals surface area contributed by atoms with E-state index in [-0.39, 0.29) is 17.7 Å². The molecule has 0 bridgehead atoms. The Hall–Kier alpha value is -2.06. The molecule has 0 spiro atoms. The monoisotopic (exact) mass is 447 g/mol. The molecule has 1 heterocycles. The van der Waals surface area contributed by atoms with Gasteiger partial charge in [-0.25, -0.2) is 4.79 Å². The van der Waals surface area contributed by atoms with E-state index < -0.39 is 6.03 Å². The second kappa shape index (κ2) is 9.83. The first-order chi connectivity index (χ1) is 14.6. The van der Waals surface area contributed by atoms with E-state index >= 15 is 0 Å². The van der Waals surface area contributed by atoms with Gasteiger partial charge in [0.2, 0.25) is 5.91 Å².